The van der Waals surface area contributed by atoms with E-state index in [9.17, 15) is 4.79 Å². The molecule has 0 unspecified atom stereocenters. The summed E-state index contributed by atoms with van der Waals surface area (Å²) in [4.78, 5) is 14.4. The third-order valence-electron chi connectivity index (χ3n) is 5.18. The van der Waals surface area contributed by atoms with E-state index in [-0.39, 0.29) is 0 Å². The first-order chi connectivity index (χ1) is 14.4. The summed E-state index contributed by atoms with van der Waals surface area (Å²) in [5.74, 6) is 0.356. The maximum atomic E-state index is 12.8. The Bertz CT molecular complexity index is 1260. The van der Waals surface area contributed by atoms with Crippen LogP contribution >= 0.6 is 23.2 Å². The minimum Gasteiger partial charge on any atom is -0.390 e. The molecule has 0 fully saturated rings. The molecule has 1 aromatic heterocycles. The normalized spacial score (nSPS) is 11.2. The van der Waals surface area contributed by atoms with E-state index in [0.717, 1.165) is 21.7 Å². The van der Waals surface area contributed by atoms with Gasteiger partial charge in [0.05, 0.1) is 16.6 Å². The Labute approximate surface area is 184 Å². The molecule has 0 N–H and O–H groups in total. The number of hydrogen-bond donors (Lipinski definition) is 0. The van der Waals surface area contributed by atoms with Crippen LogP contribution in [0.4, 0.5) is 4.79 Å². The highest BCUT2D eigenvalue weighted by atomic mass is 35.5. The molecule has 0 aliphatic carbocycles. The zero-order valence-corrected chi connectivity index (χ0v) is 18.5. The molecule has 1 heterocycles. The third kappa shape index (κ3) is 3.59. The topological polar surface area (TPSA) is 47.4 Å². The molecule has 0 aliphatic heterocycles. The molecule has 0 bridgehead atoms. The Kier molecular flexibility index (Phi) is 5.58. The fraction of sp³-hybridized carbons (Fsp3) is 0.217. The second-order valence-corrected chi connectivity index (χ2v) is 7.86. The third-order valence-corrected chi connectivity index (χ3v) is 5.82. The molecule has 5 nitrogen and oxygen atoms in total. The number of carbonyl (C=O) groups excluding carboxylic acids is 1. The van der Waals surface area contributed by atoms with E-state index in [1.165, 1.54) is 0 Å². The van der Waals surface area contributed by atoms with Crippen LogP contribution < -0.4 is 4.74 Å². The van der Waals surface area contributed by atoms with E-state index >= 15 is 0 Å². The van der Waals surface area contributed by atoms with Crippen molar-refractivity contribution >= 4 is 51.0 Å². The Morgan fingerprint density at radius 2 is 1.83 bits per heavy atom. The average molecular weight is 442 g/mol. The fourth-order valence-electron chi connectivity index (χ4n) is 3.47. The lowest BCUT2D eigenvalue weighted by Crippen LogP contribution is -2.33. The molecule has 0 aliphatic rings. The molecule has 154 valence electrons. The number of nitrogens with zero attached hydrogens (tertiary/aromatic N) is 3. The summed E-state index contributed by atoms with van der Waals surface area (Å²) in [6, 6.07) is 15.1. The number of aromatic nitrogens is 2. The predicted molar refractivity (Wildman–Crippen MR) is 122 cm³/mol. The minimum absolute atomic E-state index is 0.356. The molecule has 7 heteroatoms. The first-order valence-electron chi connectivity index (χ1n) is 9.77. The van der Waals surface area contributed by atoms with Crippen molar-refractivity contribution in [3.63, 3.8) is 0 Å². The highest BCUT2D eigenvalue weighted by Gasteiger charge is 2.22. The van der Waals surface area contributed by atoms with Crippen molar-refractivity contribution < 1.29 is 9.53 Å². The first-order valence-corrected chi connectivity index (χ1v) is 10.5. The molecule has 0 radical (unpaired) electrons. The van der Waals surface area contributed by atoms with Crippen molar-refractivity contribution in [3.05, 3.63) is 64.1 Å². The summed E-state index contributed by atoms with van der Waals surface area (Å²) in [6.07, 6.45) is -0.424. The number of fused-ring (bicyclic) bond motifs is 3. The van der Waals surface area contributed by atoms with Crippen molar-refractivity contribution in [2.75, 3.05) is 13.1 Å². The van der Waals surface area contributed by atoms with Gasteiger partial charge in [-0.05, 0) is 67.4 Å². The maximum Gasteiger partial charge on any atom is 0.416 e. The molecular formula is C23H21Cl2N3O2. The number of ether oxygens (including phenoxy) is 1. The largest absolute Gasteiger partial charge is 0.416 e. The van der Waals surface area contributed by atoms with E-state index in [1.807, 2.05) is 69.3 Å². The summed E-state index contributed by atoms with van der Waals surface area (Å²) in [6.45, 7) is 6.86. The van der Waals surface area contributed by atoms with Gasteiger partial charge in [-0.25, -0.2) is 4.79 Å². The van der Waals surface area contributed by atoms with Crippen LogP contribution in [-0.4, -0.2) is 33.9 Å². The van der Waals surface area contributed by atoms with Crippen LogP contribution in [0.25, 0.3) is 27.4 Å². The van der Waals surface area contributed by atoms with Gasteiger partial charge in [-0.3, -0.25) is 0 Å². The lowest BCUT2D eigenvalue weighted by Gasteiger charge is -2.18. The summed E-state index contributed by atoms with van der Waals surface area (Å²) >= 11 is 12.5. The Morgan fingerprint density at radius 3 is 2.53 bits per heavy atom. The van der Waals surface area contributed by atoms with Crippen molar-refractivity contribution in [2.45, 2.75) is 20.8 Å². The van der Waals surface area contributed by atoms with Gasteiger partial charge < -0.3 is 9.64 Å². The van der Waals surface area contributed by atoms with E-state index in [1.54, 1.807) is 9.58 Å². The molecule has 0 atom stereocenters. The fourth-order valence-corrected chi connectivity index (χ4v) is 3.82. The van der Waals surface area contributed by atoms with Crippen LogP contribution in [0.2, 0.25) is 10.0 Å². The standard InChI is InChI=1S/C23H21Cl2N3O2/c1-4-27(5-2)23(29)30-22-21-18-10-8-16(24)12-15(18)7-11-20(21)26-28(22)17-9-6-14(3)19(25)13-17/h6-13H,4-5H2,1-3H3. The molecule has 0 saturated carbocycles. The van der Waals surface area contributed by atoms with Gasteiger partial charge in [0, 0.05) is 23.1 Å². The lowest BCUT2D eigenvalue weighted by molar-refractivity contribution is 0.155. The Hall–Kier alpha value is -2.76. The monoisotopic (exact) mass is 441 g/mol. The van der Waals surface area contributed by atoms with Crippen LogP contribution in [0.5, 0.6) is 5.88 Å². The zero-order chi connectivity index (χ0) is 21.4. The molecule has 0 saturated heterocycles. The molecule has 30 heavy (non-hydrogen) atoms. The smallest absolute Gasteiger partial charge is 0.390 e. The maximum absolute atomic E-state index is 12.8. The van der Waals surface area contributed by atoms with Crippen molar-refractivity contribution in [3.8, 4) is 11.6 Å². The number of aryl methyl sites for hydroxylation is 1. The molecule has 4 aromatic rings. The predicted octanol–water partition coefficient (Wildman–Crippen LogP) is 6.63. The highest BCUT2D eigenvalue weighted by Crippen LogP contribution is 2.36. The van der Waals surface area contributed by atoms with Gasteiger partial charge in [0.1, 0.15) is 0 Å². The second-order valence-electron chi connectivity index (χ2n) is 7.02. The van der Waals surface area contributed by atoms with Crippen molar-refractivity contribution in [1.29, 1.82) is 0 Å². The van der Waals surface area contributed by atoms with Gasteiger partial charge in [0.2, 0.25) is 5.88 Å². The molecule has 0 spiro atoms. The highest BCUT2D eigenvalue weighted by molar-refractivity contribution is 6.32. The molecular weight excluding hydrogens is 421 g/mol. The van der Waals surface area contributed by atoms with E-state index < -0.39 is 6.09 Å². The quantitative estimate of drug-likeness (QED) is 0.356. The summed E-state index contributed by atoms with van der Waals surface area (Å²) in [7, 11) is 0. The van der Waals surface area contributed by atoms with Crippen LogP contribution in [-0.2, 0) is 0 Å². The van der Waals surface area contributed by atoms with E-state index in [4.69, 9.17) is 33.0 Å². The van der Waals surface area contributed by atoms with E-state index in [2.05, 4.69) is 0 Å². The van der Waals surface area contributed by atoms with Gasteiger partial charge in [-0.15, -0.1) is 0 Å². The Morgan fingerprint density at radius 1 is 1.07 bits per heavy atom. The number of hydrogen-bond acceptors (Lipinski definition) is 3. The van der Waals surface area contributed by atoms with Gasteiger partial charge in [0.15, 0.2) is 0 Å². The Balaban J connectivity index is 1.99. The SMILES string of the molecule is CCN(CC)C(=O)Oc1c2c(ccc3cc(Cl)ccc32)nn1-c1ccc(C)c(Cl)c1. The van der Waals surface area contributed by atoms with Crippen molar-refractivity contribution in [2.24, 2.45) is 0 Å². The summed E-state index contributed by atoms with van der Waals surface area (Å²) in [5, 5.41) is 8.57. The first kappa shape index (κ1) is 20.5. The van der Waals surface area contributed by atoms with E-state index in [0.29, 0.717) is 40.2 Å². The molecule has 1 amide bonds. The number of carbonyl (C=O) groups is 1. The van der Waals surface area contributed by atoms with Crippen molar-refractivity contribution in [1.82, 2.24) is 14.7 Å². The summed E-state index contributed by atoms with van der Waals surface area (Å²) in [5.41, 5.74) is 2.38. The molecule has 3 aromatic carbocycles. The minimum atomic E-state index is -0.424. The van der Waals surface area contributed by atoms with Gasteiger partial charge in [-0.1, -0.05) is 41.4 Å². The van der Waals surface area contributed by atoms with Gasteiger partial charge in [-0.2, -0.15) is 9.78 Å². The number of rotatable bonds is 4. The number of halogens is 2. The lowest BCUT2D eigenvalue weighted by atomic mass is 10.1. The second kappa shape index (κ2) is 8.17. The summed E-state index contributed by atoms with van der Waals surface area (Å²) < 4.78 is 7.55. The van der Waals surface area contributed by atoms with Crippen LogP contribution in [0.15, 0.2) is 48.5 Å². The number of amides is 1. The van der Waals surface area contributed by atoms with Crippen LogP contribution in [0, 0.1) is 6.92 Å². The molecule has 4 rings (SSSR count). The zero-order valence-electron chi connectivity index (χ0n) is 16.9. The van der Waals surface area contributed by atoms with Crippen LogP contribution in [0.1, 0.15) is 19.4 Å². The number of benzene rings is 3. The van der Waals surface area contributed by atoms with Gasteiger partial charge >= 0.3 is 6.09 Å². The van der Waals surface area contributed by atoms with Gasteiger partial charge in [0.25, 0.3) is 0 Å². The van der Waals surface area contributed by atoms with Crippen LogP contribution in [0.3, 0.4) is 0 Å². The average Bonchev–Trinajstić information content (AvgIpc) is 3.09.